The first-order valence-electron chi connectivity index (χ1n) is 7.07. The Bertz CT molecular complexity index is 613. The summed E-state index contributed by atoms with van der Waals surface area (Å²) in [5.74, 6) is 1.66. The molecule has 4 rings (SSSR count). The van der Waals surface area contributed by atoms with Gasteiger partial charge in [0.2, 0.25) is 5.82 Å². The maximum absolute atomic E-state index is 12.6. The van der Waals surface area contributed by atoms with Crippen LogP contribution >= 0.6 is 11.3 Å². The first-order valence-corrected chi connectivity index (χ1v) is 7.95. The zero-order valence-electron chi connectivity index (χ0n) is 11.1. The number of carbonyl (C=O) groups excluding carboxylic acids is 1. The monoisotopic (exact) mass is 288 g/mol. The van der Waals surface area contributed by atoms with Crippen molar-refractivity contribution in [3.05, 3.63) is 34.0 Å². The van der Waals surface area contributed by atoms with Gasteiger partial charge < -0.3 is 4.90 Å². The zero-order chi connectivity index (χ0) is 13.5. The third-order valence-corrected chi connectivity index (χ3v) is 4.67. The summed E-state index contributed by atoms with van der Waals surface area (Å²) >= 11 is 1.69. The predicted molar refractivity (Wildman–Crippen MR) is 75.6 cm³/mol. The second-order valence-electron chi connectivity index (χ2n) is 5.56. The van der Waals surface area contributed by atoms with Gasteiger partial charge in [-0.3, -0.25) is 9.89 Å². The van der Waals surface area contributed by atoms with Crippen molar-refractivity contribution in [3.8, 4) is 0 Å². The van der Waals surface area contributed by atoms with Crippen LogP contribution in [0.15, 0.2) is 17.5 Å². The van der Waals surface area contributed by atoms with Gasteiger partial charge in [-0.05, 0) is 37.1 Å². The van der Waals surface area contributed by atoms with Crippen LogP contribution in [0, 0.1) is 0 Å². The minimum Gasteiger partial charge on any atom is -0.328 e. The smallest absolute Gasteiger partial charge is 0.294 e. The standard InChI is InChI=1S/C14H16N4OS/c19-14(13-15-12(16-17-13)9-3-4-9)18(10-5-6-10)8-11-2-1-7-20-11/h1-2,7,9-10H,3-6,8H2,(H,15,16,17). The molecule has 0 saturated heterocycles. The van der Waals surface area contributed by atoms with Crippen molar-refractivity contribution in [2.24, 2.45) is 0 Å². The SMILES string of the molecule is O=C(c1n[nH]c(C2CC2)n1)N(Cc1cccs1)C1CC1. The largest absolute Gasteiger partial charge is 0.328 e. The number of rotatable bonds is 5. The van der Waals surface area contributed by atoms with Crippen LogP contribution in [0.2, 0.25) is 0 Å². The number of H-pyrrole nitrogens is 1. The van der Waals surface area contributed by atoms with E-state index in [-0.39, 0.29) is 5.91 Å². The van der Waals surface area contributed by atoms with Crippen LogP contribution in [0.1, 0.15) is 52.9 Å². The van der Waals surface area contributed by atoms with Crippen molar-refractivity contribution in [1.29, 1.82) is 0 Å². The summed E-state index contributed by atoms with van der Waals surface area (Å²) in [7, 11) is 0. The lowest BCUT2D eigenvalue weighted by atomic mass is 10.3. The van der Waals surface area contributed by atoms with Crippen LogP contribution in [-0.4, -0.2) is 32.0 Å². The van der Waals surface area contributed by atoms with Crippen molar-refractivity contribution in [1.82, 2.24) is 20.1 Å². The van der Waals surface area contributed by atoms with E-state index in [0.717, 1.165) is 31.5 Å². The Morgan fingerprint density at radius 2 is 2.25 bits per heavy atom. The molecule has 1 N–H and O–H groups in total. The second kappa shape index (κ2) is 4.70. The number of thiophene rings is 1. The van der Waals surface area contributed by atoms with E-state index in [9.17, 15) is 4.79 Å². The summed E-state index contributed by atoms with van der Waals surface area (Å²) < 4.78 is 0. The molecular weight excluding hydrogens is 272 g/mol. The molecule has 104 valence electrons. The topological polar surface area (TPSA) is 61.9 Å². The Morgan fingerprint density at radius 1 is 1.40 bits per heavy atom. The van der Waals surface area contributed by atoms with E-state index in [1.54, 1.807) is 11.3 Å². The second-order valence-corrected chi connectivity index (χ2v) is 6.59. The fourth-order valence-corrected chi connectivity index (χ4v) is 3.06. The van der Waals surface area contributed by atoms with Crippen LogP contribution in [0.3, 0.4) is 0 Å². The lowest BCUT2D eigenvalue weighted by Crippen LogP contribution is -2.33. The number of carbonyl (C=O) groups is 1. The van der Waals surface area contributed by atoms with E-state index in [2.05, 4.69) is 21.2 Å². The molecule has 0 bridgehead atoms. The highest BCUT2D eigenvalue weighted by molar-refractivity contribution is 7.09. The van der Waals surface area contributed by atoms with Crippen molar-refractivity contribution < 1.29 is 4.79 Å². The quantitative estimate of drug-likeness (QED) is 0.919. The zero-order valence-corrected chi connectivity index (χ0v) is 11.9. The Labute approximate surface area is 121 Å². The number of amides is 1. The van der Waals surface area contributed by atoms with Gasteiger partial charge in [0.25, 0.3) is 5.91 Å². The van der Waals surface area contributed by atoms with Crippen LogP contribution in [0.5, 0.6) is 0 Å². The third-order valence-electron chi connectivity index (χ3n) is 3.81. The number of hydrogen-bond donors (Lipinski definition) is 1. The lowest BCUT2D eigenvalue weighted by molar-refractivity contribution is 0.0719. The number of hydrogen-bond acceptors (Lipinski definition) is 4. The molecule has 2 aliphatic rings. The molecule has 6 heteroatoms. The molecule has 2 aromatic heterocycles. The van der Waals surface area contributed by atoms with Crippen molar-refractivity contribution in [3.63, 3.8) is 0 Å². The fourth-order valence-electron chi connectivity index (χ4n) is 2.36. The van der Waals surface area contributed by atoms with Gasteiger partial charge >= 0.3 is 0 Å². The molecular formula is C14H16N4OS. The first kappa shape index (κ1) is 12.1. The van der Waals surface area contributed by atoms with E-state index in [4.69, 9.17) is 0 Å². The average molecular weight is 288 g/mol. The number of nitrogens with zero attached hydrogens (tertiary/aromatic N) is 3. The summed E-state index contributed by atoms with van der Waals surface area (Å²) in [5, 5.41) is 9.07. The maximum atomic E-state index is 12.6. The molecule has 0 atom stereocenters. The van der Waals surface area contributed by atoms with E-state index in [1.165, 1.54) is 4.88 Å². The molecule has 2 saturated carbocycles. The Balaban J connectivity index is 1.53. The molecule has 20 heavy (non-hydrogen) atoms. The van der Waals surface area contributed by atoms with Crippen LogP contribution in [-0.2, 0) is 6.54 Å². The van der Waals surface area contributed by atoms with Gasteiger partial charge in [-0.2, -0.15) is 0 Å². The number of aromatic nitrogens is 3. The molecule has 1 amide bonds. The average Bonchev–Trinajstić information content (AvgIpc) is 3.39. The Hall–Kier alpha value is -1.69. The van der Waals surface area contributed by atoms with Crippen LogP contribution < -0.4 is 0 Å². The van der Waals surface area contributed by atoms with Crippen molar-refractivity contribution in [2.45, 2.75) is 44.2 Å². The summed E-state index contributed by atoms with van der Waals surface area (Å²) in [4.78, 5) is 20.1. The van der Waals surface area contributed by atoms with Gasteiger partial charge in [-0.25, -0.2) is 4.98 Å². The molecule has 0 aliphatic heterocycles. The summed E-state index contributed by atoms with van der Waals surface area (Å²) in [6, 6.07) is 4.46. The molecule has 2 fully saturated rings. The molecule has 0 radical (unpaired) electrons. The number of nitrogens with one attached hydrogen (secondary N) is 1. The Morgan fingerprint density at radius 3 is 2.90 bits per heavy atom. The summed E-state index contributed by atoms with van der Waals surface area (Å²) in [6.07, 6.45) is 4.50. The summed E-state index contributed by atoms with van der Waals surface area (Å²) in [6.45, 7) is 0.675. The first-order chi connectivity index (χ1) is 9.81. The fraction of sp³-hybridized carbons (Fsp3) is 0.500. The van der Waals surface area contributed by atoms with Crippen LogP contribution in [0.25, 0.3) is 0 Å². The molecule has 0 spiro atoms. The van der Waals surface area contributed by atoms with Gasteiger partial charge in [0.15, 0.2) is 0 Å². The molecule has 0 unspecified atom stereocenters. The summed E-state index contributed by atoms with van der Waals surface area (Å²) in [5.41, 5.74) is 0. The van der Waals surface area contributed by atoms with Gasteiger partial charge in [-0.15, -0.1) is 16.4 Å². The molecule has 5 nitrogen and oxygen atoms in total. The number of aromatic amines is 1. The van der Waals surface area contributed by atoms with E-state index in [1.807, 2.05) is 16.3 Å². The predicted octanol–water partition coefficient (Wildman–Crippen LogP) is 2.55. The third kappa shape index (κ3) is 2.35. The van der Waals surface area contributed by atoms with Crippen molar-refractivity contribution >= 4 is 17.2 Å². The van der Waals surface area contributed by atoms with Gasteiger partial charge in [-0.1, -0.05) is 6.07 Å². The highest BCUT2D eigenvalue weighted by atomic mass is 32.1. The van der Waals surface area contributed by atoms with Gasteiger partial charge in [0.05, 0.1) is 6.54 Å². The normalized spacial score (nSPS) is 18.2. The lowest BCUT2D eigenvalue weighted by Gasteiger charge is -2.19. The molecule has 2 heterocycles. The highest BCUT2D eigenvalue weighted by Crippen LogP contribution is 2.38. The van der Waals surface area contributed by atoms with E-state index in [0.29, 0.717) is 24.3 Å². The Kier molecular flexibility index (Phi) is 2.84. The molecule has 2 aliphatic carbocycles. The van der Waals surface area contributed by atoms with Crippen LogP contribution in [0.4, 0.5) is 0 Å². The highest BCUT2D eigenvalue weighted by Gasteiger charge is 2.36. The van der Waals surface area contributed by atoms with E-state index >= 15 is 0 Å². The molecule has 0 aromatic carbocycles. The minimum atomic E-state index is -0.0379. The van der Waals surface area contributed by atoms with Gasteiger partial charge in [0, 0.05) is 16.8 Å². The van der Waals surface area contributed by atoms with Gasteiger partial charge in [0.1, 0.15) is 5.82 Å². The van der Waals surface area contributed by atoms with E-state index < -0.39 is 0 Å². The molecule has 2 aromatic rings. The maximum Gasteiger partial charge on any atom is 0.294 e. The minimum absolute atomic E-state index is 0.0379. The van der Waals surface area contributed by atoms with Crippen molar-refractivity contribution in [2.75, 3.05) is 0 Å².